The van der Waals surface area contributed by atoms with Crippen molar-refractivity contribution in [3.63, 3.8) is 0 Å². The molecular weight excluding hydrogens is 220 g/mol. The molecule has 0 aliphatic rings. The molecule has 0 spiro atoms. The summed E-state index contributed by atoms with van der Waals surface area (Å²) in [6.45, 7) is 8.91. The molecule has 0 fully saturated rings. The lowest BCUT2D eigenvalue weighted by atomic mass is 9.96. The van der Waals surface area contributed by atoms with Crippen LogP contribution >= 0.6 is 0 Å². The largest absolute Gasteiger partial charge is 0.346 e. The normalized spacial score (nSPS) is 11.0. The third-order valence-corrected chi connectivity index (χ3v) is 4.22. The van der Waals surface area contributed by atoms with Gasteiger partial charge in [0.1, 0.15) is 12.7 Å². The second-order valence-electron chi connectivity index (χ2n) is 5.08. The maximum Gasteiger partial charge on any atom is 0.232 e. The van der Waals surface area contributed by atoms with Crippen LogP contribution < -0.4 is 4.57 Å². The minimum absolute atomic E-state index is 1.07. The molecule has 0 saturated carbocycles. The van der Waals surface area contributed by atoms with E-state index >= 15 is 0 Å². The lowest BCUT2D eigenvalue weighted by Crippen LogP contribution is -2.38. The molecule has 0 aromatic carbocycles. The zero-order chi connectivity index (χ0) is 13.4. The van der Waals surface area contributed by atoms with E-state index in [1.807, 2.05) is 0 Å². The lowest BCUT2D eigenvalue weighted by molar-refractivity contribution is -0.667. The number of aryl methyl sites for hydroxylation is 1. The fraction of sp³-hybridized carbons (Fsp3) is 0.438. The number of pyridine rings is 1. The fourth-order valence-corrected chi connectivity index (χ4v) is 2.76. The second-order valence-corrected chi connectivity index (χ2v) is 5.08. The first kappa shape index (κ1) is 12.9. The molecule has 0 aliphatic heterocycles. The Hall–Kier alpha value is -1.57. The smallest absolute Gasteiger partial charge is 0.232 e. The molecule has 2 aromatic rings. The monoisotopic (exact) mass is 243 g/mol. The minimum Gasteiger partial charge on any atom is -0.346 e. The van der Waals surface area contributed by atoms with Crippen LogP contribution in [0.25, 0.3) is 11.4 Å². The second kappa shape index (κ2) is 4.60. The highest BCUT2D eigenvalue weighted by molar-refractivity contribution is 5.60. The Labute approximate surface area is 110 Å². The molecule has 2 aromatic heterocycles. The van der Waals surface area contributed by atoms with Crippen molar-refractivity contribution in [2.24, 2.45) is 14.1 Å². The number of nitrogens with zero attached hydrogens (tertiary/aromatic N) is 2. The van der Waals surface area contributed by atoms with Gasteiger partial charge in [-0.05, 0) is 38.0 Å². The van der Waals surface area contributed by atoms with Gasteiger partial charge in [0.15, 0.2) is 5.69 Å². The molecule has 0 unspecified atom stereocenters. The highest BCUT2D eigenvalue weighted by Crippen LogP contribution is 2.26. The van der Waals surface area contributed by atoms with Crippen molar-refractivity contribution in [1.82, 2.24) is 4.57 Å². The van der Waals surface area contributed by atoms with Gasteiger partial charge < -0.3 is 4.57 Å². The first-order valence-electron chi connectivity index (χ1n) is 6.59. The van der Waals surface area contributed by atoms with Crippen LogP contribution in [-0.2, 0) is 20.5 Å². The first-order chi connectivity index (χ1) is 8.49. The van der Waals surface area contributed by atoms with Crippen LogP contribution in [0, 0.1) is 20.8 Å². The van der Waals surface area contributed by atoms with Crippen LogP contribution in [0.1, 0.15) is 29.3 Å². The Morgan fingerprint density at radius 1 is 1.17 bits per heavy atom. The van der Waals surface area contributed by atoms with Gasteiger partial charge in [0.05, 0.1) is 0 Å². The quantitative estimate of drug-likeness (QED) is 0.717. The highest BCUT2D eigenvalue weighted by Gasteiger charge is 2.23. The lowest BCUT2D eigenvalue weighted by Gasteiger charge is -2.14. The summed E-state index contributed by atoms with van der Waals surface area (Å²) < 4.78 is 4.53. The third-order valence-electron chi connectivity index (χ3n) is 4.22. The van der Waals surface area contributed by atoms with Crippen molar-refractivity contribution >= 4 is 0 Å². The van der Waals surface area contributed by atoms with Gasteiger partial charge in [-0.15, -0.1) is 0 Å². The summed E-state index contributed by atoms with van der Waals surface area (Å²) >= 11 is 0. The van der Waals surface area contributed by atoms with E-state index in [9.17, 15) is 0 Å². The van der Waals surface area contributed by atoms with E-state index in [4.69, 9.17) is 0 Å². The maximum absolute atomic E-state index is 2.33. The van der Waals surface area contributed by atoms with Crippen LogP contribution in [0.5, 0.6) is 0 Å². The van der Waals surface area contributed by atoms with Gasteiger partial charge in [0.25, 0.3) is 0 Å². The zero-order valence-corrected chi connectivity index (χ0v) is 12.3. The zero-order valence-electron chi connectivity index (χ0n) is 12.3. The van der Waals surface area contributed by atoms with Crippen molar-refractivity contribution in [1.29, 1.82) is 0 Å². The summed E-state index contributed by atoms with van der Waals surface area (Å²) in [5.41, 5.74) is 8.30. The summed E-state index contributed by atoms with van der Waals surface area (Å²) in [5.74, 6) is 0. The molecule has 0 saturated heterocycles. The number of aromatic nitrogens is 2. The Bertz CT molecular complexity index is 592. The van der Waals surface area contributed by atoms with Crippen LogP contribution in [0.3, 0.4) is 0 Å². The van der Waals surface area contributed by atoms with Crippen LogP contribution in [0.2, 0.25) is 0 Å². The molecule has 2 nitrogen and oxygen atoms in total. The average Bonchev–Trinajstić information content (AvgIpc) is 2.77. The molecular formula is C16H23N2+. The van der Waals surface area contributed by atoms with E-state index in [0.717, 1.165) is 6.42 Å². The Kier molecular flexibility index (Phi) is 3.29. The molecule has 0 N–H and O–H groups in total. The molecule has 2 heterocycles. The van der Waals surface area contributed by atoms with Crippen molar-refractivity contribution in [2.75, 3.05) is 0 Å². The minimum atomic E-state index is 1.07. The Balaban J connectivity index is 2.86. The Morgan fingerprint density at radius 3 is 2.33 bits per heavy atom. The van der Waals surface area contributed by atoms with Crippen LogP contribution in [0.4, 0.5) is 0 Å². The molecule has 2 heteroatoms. The van der Waals surface area contributed by atoms with Crippen molar-refractivity contribution in [3.8, 4) is 11.4 Å². The number of rotatable bonds is 2. The van der Waals surface area contributed by atoms with E-state index in [-0.39, 0.29) is 0 Å². The molecule has 0 atom stereocenters. The molecule has 0 amide bonds. The standard InChI is InChI=1S/C16H23N2/c1-7-14-12(3)11(2)13(4)18(6)16(14)15-9-8-10-17(15)5/h8-10H,7H2,1-6H3/q+1. The molecule has 2 rings (SSSR count). The van der Waals surface area contributed by atoms with Gasteiger partial charge in [-0.25, -0.2) is 0 Å². The van der Waals surface area contributed by atoms with E-state index in [0.29, 0.717) is 0 Å². The summed E-state index contributed by atoms with van der Waals surface area (Å²) in [6.07, 6.45) is 3.18. The first-order valence-corrected chi connectivity index (χ1v) is 6.59. The fourth-order valence-electron chi connectivity index (χ4n) is 2.76. The van der Waals surface area contributed by atoms with Crippen molar-refractivity contribution in [2.45, 2.75) is 34.1 Å². The predicted octanol–water partition coefficient (Wildman–Crippen LogP) is 3.00. The van der Waals surface area contributed by atoms with E-state index in [1.165, 1.54) is 33.8 Å². The molecule has 0 bridgehead atoms. The number of hydrogen-bond donors (Lipinski definition) is 0. The molecule has 0 radical (unpaired) electrons. The summed E-state index contributed by atoms with van der Waals surface area (Å²) in [4.78, 5) is 0. The van der Waals surface area contributed by atoms with Gasteiger partial charge in [-0.2, -0.15) is 4.57 Å². The van der Waals surface area contributed by atoms with Gasteiger partial charge >= 0.3 is 0 Å². The topological polar surface area (TPSA) is 8.81 Å². The van der Waals surface area contributed by atoms with E-state index in [2.05, 4.69) is 69.3 Å². The van der Waals surface area contributed by atoms with Crippen LogP contribution in [-0.4, -0.2) is 4.57 Å². The van der Waals surface area contributed by atoms with Gasteiger partial charge in [-0.3, -0.25) is 0 Å². The summed E-state index contributed by atoms with van der Waals surface area (Å²) in [5, 5.41) is 0. The average molecular weight is 243 g/mol. The van der Waals surface area contributed by atoms with Gasteiger partial charge in [0, 0.05) is 31.3 Å². The van der Waals surface area contributed by atoms with Crippen molar-refractivity contribution in [3.05, 3.63) is 40.7 Å². The van der Waals surface area contributed by atoms with Gasteiger partial charge in [0.2, 0.25) is 5.69 Å². The molecule has 18 heavy (non-hydrogen) atoms. The van der Waals surface area contributed by atoms with Gasteiger partial charge in [-0.1, -0.05) is 6.92 Å². The molecule has 0 aliphatic carbocycles. The van der Waals surface area contributed by atoms with E-state index in [1.54, 1.807) is 0 Å². The number of hydrogen-bond acceptors (Lipinski definition) is 0. The molecule has 96 valence electrons. The summed E-state index contributed by atoms with van der Waals surface area (Å²) in [6, 6.07) is 4.31. The Morgan fingerprint density at radius 2 is 1.83 bits per heavy atom. The van der Waals surface area contributed by atoms with E-state index < -0.39 is 0 Å². The predicted molar refractivity (Wildman–Crippen MR) is 75.6 cm³/mol. The van der Waals surface area contributed by atoms with Crippen LogP contribution in [0.15, 0.2) is 18.3 Å². The third kappa shape index (κ3) is 1.76. The highest BCUT2D eigenvalue weighted by atomic mass is 15.0. The maximum atomic E-state index is 2.33. The van der Waals surface area contributed by atoms with Crippen molar-refractivity contribution < 1.29 is 4.57 Å². The SMILES string of the molecule is CCc1c(C)c(C)c(C)[n+](C)c1-c1cccn1C. The summed E-state index contributed by atoms with van der Waals surface area (Å²) in [7, 11) is 4.28.